The van der Waals surface area contributed by atoms with E-state index < -0.39 is 0 Å². The molecule has 4 nitrogen and oxygen atoms in total. The molecule has 1 N–H and O–H groups in total. The third-order valence-electron chi connectivity index (χ3n) is 4.82. The number of ether oxygens (including phenoxy) is 1. The molecule has 2 aliphatic heterocycles. The molecule has 0 spiro atoms. The summed E-state index contributed by atoms with van der Waals surface area (Å²) in [7, 11) is 0. The molecule has 0 unspecified atom stereocenters. The topological polar surface area (TPSA) is 41.6 Å². The van der Waals surface area contributed by atoms with E-state index >= 15 is 0 Å². The van der Waals surface area contributed by atoms with E-state index in [1.165, 1.54) is 38.8 Å². The molecule has 0 aromatic heterocycles. The van der Waals surface area contributed by atoms with Crippen molar-refractivity contribution in [2.45, 2.75) is 38.1 Å². The lowest BCUT2D eigenvalue weighted by atomic mass is 9.94. The summed E-state index contributed by atoms with van der Waals surface area (Å²) in [5.41, 5.74) is 0.856. The minimum absolute atomic E-state index is 0. The standard InChI is InChI=1S/C17H24N2O2.ClH/c1-2-21-15-8-4-3-7-14(15)16(20)18-13-17-9-5-11-19(17)12-6-10-17;/h3-4,7-8H,2,5-6,9-13H2,1H3,(H,18,20);1H. The highest BCUT2D eigenvalue weighted by molar-refractivity contribution is 5.96. The van der Waals surface area contributed by atoms with Crippen LogP contribution >= 0.6 is 12.4 Å². The average Bonchev–Trinajstić information content (AvgIpc) is 3.05. The van der Waals surface area contributed by atoms with Crippen LogP contribution in [0, 0.1) is 0 Å². The van der Waals surface area contributed by atoms with Crippen molar-refractivity contribution in [1.82, 2.24) is 10.2 Å². The van der Waals surface area contributed by atoms with Crippen molar-refractivity contribution in [2.24, 2.45) is 0 Å². The van der Waals surface area contributed by atoms with Gasteiger partial charge in [0, 0.05) is 12.1 Å². The first kappa shape index (κ1) is 17.1. The minimum atomic E-state index is -0.0211. The van der Waals surface area contributed by atoms with E-state index in [0.29, 0.717) is 17.9 Å². The first-order valence-corrected chi connectivity index (χ1v) is 8.00. The summed E-state index contributed by atoms with van der Waals surface area (Å²) in [6.45, 7) is 5.63. The monoisotopic (exact) mass is 324 g/mol. The number of fused-ring (bicyclic) bond motifs is 1. The van der Waals surface area contributed by atoms with Crippen LogP contribution in [-0.4, -0.2) is 42.6 Å². The van der Waals surface area contributed by atoms with Crippen LogP contribution in [0.4, 0.5) is 0 Å². The van der Waals surface area contributed by atoms with Crippen molar-refractivity contribution >= 4 is 18.3 Å². The quantitative estimate of drug-likeness (QED) is 0.905. The Kier molecular flexibility index (Phi) is 5.70. The third-order valence-corrected chi connectivity index (χ3v) is 4.82. The van der Waals surface area contributed by atoms with Gasteiger partial charge in [-0.2, -0.15) is 0 Å². The Labute approximate surface area is 138 Å². The number of halogens is 1. The second kappa shape index (κ2) is 7.34. The second-order valence-electron chi connectivity index (χ2n) is 6.03. The van der Waals surface area contributed by atoms with Crippen molar-refractivity contribution in [3.05, 3.63) is 29.8 Å². The number of carbonyl (C=O) groups excluding carboxylic acids is 1. The number of nitrogens with one attached hydrogen (secondary N) is 1. The normalized spacial score (nSPS) is 19.3. The summed E-state index contributed by atoms with van der Waals surface area (Å²) < 4.78 is 5.54. The van der Waals surface area contributed by atoms with E-state index in [0.717, 1.165) is 6.54 Å². The molecule has 0 aliphatic carbocycles. The second-order valence-corrected chi connectivity index (χ2v) is 6.03. The summed E-state index contributed by atoms with van der Waals surface area (Å²) >= 11 is 0. The summed E-state index contributed by atoms with van der Waals surface area (Å²) in [5.74, 6) is 0.650. The molecule has 0 bridgehead atoms. The molecular formula is C17H25ClN2O2. The van der Waals surface area contributed by atoms with E-state index in [2.05, 4.69) is 10.2 Å². The van der Waals surface area contributed by atoms with Crippen LogP contribution < -0.4 is 10.1 Å². The van der Waals surface area contributed by atoms with Crippen LogP contribution in [0.25, 0.3) is 0 Å². The summed E-state index contributed by atoms with van der Waals surface area (Å²) in [5, 5.41) is 3.14. The van der Waals surface area contributed by atoms with E-state index in [-0.39, 0.29) is 23.9 Å². The van der Waals surface area contributed by atoms with Gasteiger partial charge in [0.1, 0.15) is 5.75 Å². The van der Waals surface area contributed by atoms with Gasteiger partial charge < -0.3 is 10.1 Å². The first-order valence-electron chi connectivity index (χ1n) is 8.00. The number of para-hydroxylation sites is 1. The Balaban J connectivity index is 0.00000176. The van der Waals surface area contributed by atoms with Crippen LogP contribution in [0.15, 0.2) is 24.3 Å². The van der Waals surface area contributed by atoms with Crippen LogP contribution in [0.1, 0.15) is 43.0 Å². The van der Waals surface area contributed by atoms with Crippen molar-refractivity contribution in [3.63, 3.8) is 0 Å². The van der Waals surface area contributed by atoms with Crippen molar-refractivity contribution < 1.29 is 9.53 Å². The highest BCUT2D eigenvalue weighted by Gasteiger charge is 2.44. The molecule has 0 saturated carbocycles. The molecule has 0 radical (unpaired) electrons. The van der Waals surface area contributed by atoms with Gasteiger partial charge in [-0.1, -0.05) is 12.1 Å². The van der Waals surface area contributed by atoms with Gasteiger partial charge in [0.15, 0.2) is 0 Å². The van der Waals surface area contributed by atoms with E-state index in [9.17, 15) is 4.79 Å². The van der Waals surface area contributed by atoms with Gasteiger partial charge in [-0.25, -0.2) is 0 Å². The van der Waals surface area contributed by atoms with Gasteiger partial charge >= 0.3 is 0 Å². The number of nitrogens with zero attached hydrogens (tertiary/aromatic N) is 1. The van der Waals surface area contributed by atoms with Crippen LogP contribution in [0.3, 0.4) is 0 Å². The van der Waals surface area contributed by atoms with E-state index in [1.807, 2.05) is 31.2 Å². The molecule has 2 fully saturated rings. The fourth-order valence-corrected chi connectivity index (χ4v) is 3.79. The highest BCUT2D eigenvalue weighted by atomic mass is 35.5. The van der Waals surface area contributed by atoms with Gasteiger partial charge in [0.25, 0.3) is 5.91 Å². The molecule has 5 heteroatoms. The maximum atomic E-state index is 12.5. The lowest BCUT2D eigenvalue weighted by Crippen LogP contribution is -2.48. The molecular weight excluding hydrogens is 300 g/mol. The number of rotatable bonds is 5. The molecule has 2 aliphatic rings. The van der Waals surface area contributed by atoms with Gasteiger partial charge in [-0.15, -0.1) is 12.4 Å². The maximum absolute atomic E-state index is 12.5. The predicted molar refractivity (Wildman–Crippen MR) is 90.0 cm³/mol. The summed E-state index contributed by atoms with van der Waals surface area (Å²) in [6.07, 6.45) is 4.93. The Morgan fingerprint density at radius 1 is 1.27 bits per heavy atom. The van der Waals surface area contributed by atoms with Gasteiger partial charge in [-0.3, -0.25) is 9.69 Å². The molecule has 2 saturated heterocycles. The first-order chi connectivity index (χ1) is 10.2. The molecule has 3 rings (SSSR count). The lowest BCUT2D eigenvalue weighted by Gasteiger charge is -2.32. The van der Waals surface area contributed by atoms with Crippen molar-refractivity contribution in [1.29, 1.82) is 0 Å². The zero-order valence-corrected chi connectivity index (χ0v) is 14.0. The average molecular weight is 325 g/mol. The van der Waals surface area contributed by atoms with Crippen molar-refractivity contribution in [3.8, 4) is 5.75 Å². The third kappa shape index (κ3) is 3.23. The SMILES string of the molecule is CCOc1ccccc1C(=O)NCC12CCCN1CCC2.Cl. The molecule has 1 aromatic carbocycles. The molecule has 1 aromatic rings. The predicted octanol–water partition coefficient (Wildman–Crippen LogP) is 2.87. The number of amides is 1. The van der Waals surface area contributed by atoms with Gasteiger partial charge in [-0.05, 0) is 57.8 Å². The van der Waals surface area contributed by atoms with E-state index in [4.69, 9.17) is 4.74 Å². The minimum Gasteiger partial charge on any atom is -0.493 e. The van der Waals surface area contributed by atoms with Crippen molar-refractivity contribution in [2.75, 3.05) is 26.2 Å². The Hall–Kier alpha value is -1.26. The highest BCUT2D eigenvalue weighted by Crippen LogP contribution is 2.38. The fraction of sp³-hybridized carbons (Fsp3) is 0.588. The fourth-order valence-electron chi connectivity index (χ4n) is 3.79. The summed E-state index contributed by atoms with van der Waals surface area (Å²) in [4.78, 5) is 15.0. The van der Waals surface area contributed by atoms with Crippen LogP contribution in [-0.2, 0) is 0 Å². The smallest absolute Gasteiger partial charge is 0.255 e. The zero-order chi connectivity index (χ0) is 14.7. The number of carbonyl (C=O) groups is 1. The summed E-state index contributed by atoms with van der Waals surface area (Å²) in [6, 6.07) is 7.47. The van der Waals surface area contributed by atoms with Crippen LogP contribution in [0.5, 0.6) is 5.75 Å². The molecule has 1 amide bonds. The van der Waals surface area contributed by atoms with Gasteiger partial charge in [0.05, 0.1) is 12.2 Å². The Morgan fingerprint density at radius 3 is 2.64 bits per heavy atom. The molecule has 2 heterocycles. The van der Waals surface area contributed by atoms with Gasteiger partial charge in [0.2, 0.25) is 0 Å². The number of hydrogen-bond acceptors (Lipinski definition) is 3. The molecule has 0 atom stereocenters. The maximum Gasteiger partial charge on any atom is 0.255 e. The van der Waals surface area contributed by atoms with E-state index in [1.54, 1.807) is 0 Å². The molecule has 122 valence electrons. The largest absolute Gasteiger partial charge is 0.493 e. The Bertz CT molecular complexity index is 511. The van der Waals surface area contributed by atoms with Crippen LogP contribution in [0.2, 0.25) is 0 Å². The Morgan fingerprint density at radius 2 is 1.95 bits per heavy atom. The molecule has 22 heavy (non-hydrogen) atoms. The number of benzene rings is 1. The zero-order valence-electron chi connectivity index (χ0n) is 13.1. The number of hydrogen-bond donors (Lipinski definition) is 1. The lowest BCUT2D eigenvalue weighted by molar-refractivity contribution is 0.0915.